The molecule has 18 heavy (non-hydrogen) atoms. The molecule has 106 valence electrons. The van der Waals surface area contributed by atoms with E-state index >= 15 is 0 Å². The Bertz CT molecular complexity index is 228. The zero-order chi connectivity index (χ0) is 13.2. The number of carbonyl (C=O) groups excluding carboxylic acids is 1. The summed E-state index contributed by atoms with van der Waals surface area (Å²) in [5.41, 5.74) is 0. The van der Waals surface area contributed by atoms with E-state index in [0.717, 1.165) is 32.5 Å². The first-order chi connectivity index (χ1) is 8.74. The van der Waals surface area contributed by atoms with Crippen LogP contribution in [0.1, 0.15) is 52.4 Å². The number of carbonyl (C=O) groups is 1. The first-order valence-corrected chi connectivity index (χ1v) is 7.36. The van der Waals surface area contributed by atoms with Gasteiger partial charge in [-0.05, 0) is 39.2 Å². The fourth-order valence-corrected chi connectivity index (χ4v) is 2.17. The van der Waals surface area contributed by atoms with Gasteiger partial charge in [-0.3, -0.25) is 4.79 Å². The molecular weight excluding hydrogens is 228 g/mol. The van der Waals surface area contributed by atoms with Gasteiger partial charge in [0.1, 0.15) is 0 Å². The van der Waals surface area contributed by atoms with Crippen LogP contribution < -0.4 is 10.6 Å². The predicted molar refractivity (Wildman–Crippen MR) is 73.6 cm³/mol. The normalized spacial score (nSPS) is 20.9. The Balaban J connectivity index is 2.00. The van der Waals surface area contributed by atoms with Crippen LogP contribution in [0.25, 0.3) is 0 Å². The van der Waals surface area contributed by atoms with Gasteiger partial charge < -0.3 is 15.4 Å². The van der Waals surface area contributed by atoms with Crippen molar-refractivity contribution in [2.45, 2.75) is 64.5 Å². The Morgan fingerprint density at radius 3 is 2.89 bits per heavy atom. The van der Waals surface area contributed by atoms with Gasteiger partial charge in [-0.1, -0.05) is 19.8 Å². The highest BCUT2D eigenvalue weighted by Gasteiger charge is 2.16. The third-order valence-electron chi connectivity index (χ3n) is 3.41. The van der Waals surface area contributed by atoms with Crippen molar-refractivity contribution in [3.05, 3.63) is 0 Å². The van der Waals surface area contributed by atoms with Crippen LogP contribution in [-0.2, 0) is 9.53 Å². The lowest BCUT2D eigenvalue weighted by atomic mass is 10.2. The second kappa shape index (κ2) is 9.34. The van der Waals surface area contributed by atoms with Crippen LogP contribution in [0.15, 0.2) is 0 Å². The number of hydrogen-bond acceptors (Lipinski definition) is 3. The fraction of sp³-hybridized carbons (Fsp3) is 0.929. The van der Waals surface area contributed by atoms with E-state index in [-0.39, 0.29) is 11.9 Å². The third-order valence-corrected chi connectivity index (χ3v) is 3.41. The van der Waals surface area contributed by atoms with Gasteiger partial charge in [-0.2, -0.15) is 0 Å². The minimum atomic E-state index is -0.104. The molecule has 0 aromatic carbocycles. The first kappa shape index (κ1) is 15.4. The average molecular weight is 256 g/mol. The molecule has 1 aliphatic rings. The molecule has 0 spiro atoms. The quantitative estimate of drug-likeness (QED) is 0.619. The number of hydrogen-bond donors (Lipinski definition) is 2. The SMILES string of the molecule is CCCCCNC(=O)C(C)NCCC1CCCO1. The maximum absolute atomic E-state index is 11.7. The van der Waals surface area contributed by atoms with Crippen molar-refractivity contribution in [1.82, 2.24) is 10.6 Å². The summed E-state index contributed by atoms with van der Waals surface area (Å²) in [5, 5.41) is 6.22. The van der Waals surface area contributed by atoms with Crippen LogP contribution in [-0.4, -0.2) is 37.7 Å². The summed E-state index contributed by atoms with van der Waals surface area (Å²) in [4.78, 5) is 11.7. The maximum Gasteiger partial charge on any atom is 0.236 e. The van der Waals surface area contributed by atoms with E-state index in [0.29, 0.717) is 6.10 Å². The van der Waals surface area contributed by atoms with Crippen molar-refractivity contribution in [2.75, 3.05) is 19.7 Å². The number of rotatable bonds is 9. The first-order valence-electron chi connectivity index (χ1n) is 7.36. The smallest absolute Gasteiger partial charge is 0.236 e. The van der Waals surface area contributed by atoms with Crippen LogP contribution in [0.3, 0.4) is 0 Å². The van der Waals surface area contributed by atoms with Crippen molar-refractivity contribution in [1.29, 1.82) is 0 Å². The molecule has 1 saturated heterocycles. The van der Waals surface area contributed by atoms with Gasteiger partial charge in [-0.15, -0.1) is 0 Å². The Hall–Kier alpha value is -0.610. The molecular formula is C14H28N2O2. The van der Waals surface area contributed by atoms with E-state index in [1.165, 1.54) is 25.7 Å². The lowest BCUT2D eigenvalue weighted by molar-refractivity contribution is -0.122. The molecule has 4 heteroatoms. The van der Waals surface area contributed by atoms with Crippen LogP contribution in [0, 0.1) is 0 Å². The maximum atomic E-state index is 11.7. The molecule has 1 rings (SSSR count). The highest BCUT2D eigenvalue weighted by Crippen LogP contribution is 2.14. The Kier molecular flexibility index (Phi) is 8.01. The van der Waals surface area contributed by atoms with Crippen LogP contribution in [0.4, 0.5) is 0 Å². The van der Waals surface area contributed by atoms with Gasteiger partial charge in [-0.25, -0.2) is 0 Å². The monoisotopic (exact) mass is 256 g/mol. The summed E-state index contributed by atoms with van der Waals surface area (Å²) in [7, 11) is 0. The lowest BCUT2D eigenvalue weighted by Crippen LogP contribution is -2.43. The third kappa shape index (κ3) is 6.36. The predicted octanol–water partition coefficient (Wildman–Crippen LogP) is 1.84. The van der Waals surface area contributed by atoms with Crippen molar-refractivity contribution >= 4 is 5.91 Å². The van der Waals surface area contributed by atoms with E-state index < -0.39 is 0 Å². The van der Waals surface area contributed by atoms with E-state index in [1.54, 1.807) is 0 Å². The summed E-state index contributed by atoms with van der Waals surface area (Å²) in [6.07, 6.45) is 7.19. The highest BCUT2D eigenvalue weighted by atomic mass is 16.5. The second-order valence-corrected chi connectivity index (χ2v) is 5.10. The molecule has 1 amide bonds. The molecule has 0 bridgehead atoms. The van der Waals surface area contributed by atoms with Gasteiger partial charge >= 0.3 is 0 Å². The zero-order valence-corrected chi connectivity index (χ0v) is 11.8. The van der Waals surface area contributed by atoms with Gasteiger partial charge in [0.15, 0.2) is 0 Å². The summed E-state index contributed by atoms with van der Waals surface area (Å²) in [6, 6.07) is -0.104. The van der Waals surface area contributed by atoms with E-state index in [2.05, 4.69) is 17.6 Å². The number of nitrogens with one attached hydrogen (secondary N) is 2. The van der Waals surface area contributed by atoms with Crippen molar-refractivity contribution in [3.63, 3.8) is 0 Å². The Morgan fingerprint density at radius 2 is 2.22 bits per heavy atom. The number of unbranched alkanes of at least 4 members (excludes halogenated alkanes) is 2. The number of ether oxygens (including phenoxy) is 1. The summed E-state index contributed by atoms with van der Waals surface area (Å²) < 4.78 is 5.55. The minimum Gasteiger partial charge on any atom is -0.378 e. The largest absolute Gasteiger partial charge is 0.378 e. The highest BCUT2D eigenvalue weighted by molar-refractivity contribution is 5.81. The second-order valence-electron chi connectivity index (χ2n) is 5.10. The molecule has 2 N–H and O–H groups in total. The van der Waals surface area contributed by atoms with Crippen LogP contribution >= 0.6 is 0 Å². The van der Waals surface area contributed by atoms with E-state index in [4.69, 9.17) is 4.74 Å². The zero-order valence-electron chi connectivity index (χ0n) is 11.8. The van der Waals surface area contributed by atoms with E-state index in [9.17, 15) is 4.79 Å². The van der Waals surface area contributed by atoms with Gasteiger partial charge in [0.2, 0.25) is 5.91 Å². The molecule has 1 heterocycles. The summed E-state index contributed by atoms with van der Waals surface area (Å²) in [5.74, 6) is 0.110. The van der Waals surface area contributed by atoms with Crippen molar-refractivity contribution in [3.8, 4) is 0 Å². The molecule has 0 saturated carbocycles. The van der Waals surface area contributed by atoms with Crippen LogP contribution in [0.2, 0.25) is 0 Å². The van der Waals surface area contributed by atoms with Gasteiger partial charge in [0, 0.05) is 13.2 Å². The molecule has 0 radical (unpaired) electrons. The standard InChI is InChI=1S/C14H28N2O2/c1-3-4-5-9-16-14(17)12(2)15-10-8-13-7-6-11-18-13/h12-13,15H,3-11H2,1-2H3,(H,16,17). The molecule has 2 unspecified atom stereocenters. The van der Waals surface area contributed by atoms with Crippen molar-refractivity contribution in [2.24, 2.45) is 0 Å². The molecule has 0 aromatic heterocycles. The lowest BCUT2D eigenvalue weighted by Gasteiger charge is -2.15. The minimum absolute atomic E-state index is 0.104. The summed E-state index contributed by atoms with van der Waals surface area (Å²) >= 11 is 0. The molecule has 0 aromatic rings. The molecule has 2 atom stereocenters. The average Bonchev–Trinajstić information content (AvgIpc) is 2.87. The van der Waals surface area contributed by atoms with Crippen LogP contribution in [0.5, 0.6) is 0 Å². The van der Waals surface area contributed by atoms with Crippen molar-refractivity contribution < 1.29 is 9.53 Å². The summed E-state index contributed by atoms with van der Waals surface area (Å²) in [6.45, 7) is 6.64. The Morgan fingerprint density at radius 1 is 1.39 bits per heavy atom. The molecule has 1 aliphatic heterocycles. The Labute approximate surface area is 111 Å². The van der Waals surface area contributed by atoms with Gasteiger partial charge in [0.05, 0.1) is 12.1 Å². The molecule has 4 nitrogen and oxygen atoms in total. The fourth-order valence-electron chi connectivity index (χ4n) is 2.17. The number of amides is 1. The topological polar surface area (TPSA) is 50.4 Å². The molecule has 0 aliphatic carbocycles. The van der Waals surface area contributed by atoms with Gasteiger partial charge in [0.25, 0.3) is 0 Å². The molecule has 1 fully saturated rings. The van der Waals surface area contributed by atoms with E-state index in [1.807, 2.05) is 6.92 Å².